The van der Waals surface area contributed by atoms with E-state index in [9.17, 15) is 14.7 Å². The molecule has 1 aromatic carbocycles. The van der Waals surface area contributed by atoms with Crippen molar-refractivity contribution in [3.05, 3.63) is 41.4 Å². The fraction of sp³-hybridized carbons (Fsp3) is 0.250. The van der Waals surface area contributed by atoms with Gasteiger partial charge >= 0.3 is 5.97 Å². The van der Waals surface area contributed by atoms with Gasteiger partial charge in [-0.15, -0.1) is 10.2 Å². The maximum atomic E-state index is 12.4. The summed E-state index contributed by atoms with van der Waals surface area (Å²) in [6.45, 7) is 0. The first kappa shape index (κ1) is 16.6. The van der Waals surface area contributed by atoms with Gasteiger partial charge in [-0.05, 0) is 18.9 Å². The Kier molecular flexibility index (Phi) is 4.92. The van der Waals surface area contributed by atoms with Crippen molar-refractivity contribution in [2.45, 2.75) is 12.8 Å². The average Bonchev–Trinajstić information content (AvgIpc) is 3.03. The molecular formula is C16H14ClN3O3S. The monoisotopic (exact) mass is 363 g/mol. The second kappa shape index (κ2) is 7.11. The van der Waals surface area contributed by atoms with Gasteiger partial charge in [0, 0.05) is 5.56 Å². The van der Waals surface area contributed by atoms with Crippen molar-refractivity contribution >= 4 is 39.9 Å². The number of hydrogen-bond donors (Lipinski definition) is 2. The van der Waals surface area contributed by atoms with E-state index >= 15 is 0 Å². The highest BCUT2D eigenvalue weighted by molar-refractivity contribution is 7.18. The van der Waals surface area contributed by atoms with Gasteiger partial charge < -0.3 is 10.4 Å². The number of aromatic nitrogens is 2. The molecule has 2 aromatic rings. The summed E-state index contributed by atoms with van der Waals surface area (Å²) in [7, 11) is 0. The normalized spacial score (nSPS) is 19.9. The van der Waals surface area contributed by atoms with Gasteiger partial charge in [-0.1, -0.05) is 53.3 Å². The summed E-state index contributed by atoms with van der Waals surface area (Å²) < 4.78 is 0. The minimum absolute atomic E-state index is 0.327. The molecule has 0 saturated heterocycles. The predicted octanol–water partition coefficient (Wildman–Crippen LogP) is 3.46. The molecule has 124 valence electrons. The number of amides is 1. The first-order chi connectivity index (χ1) is 11.6. The minimum atomic E-state index is -0.964. The summed E-state index contributed by atoms with van der Waals surface area (Å²) >= 11 is 7.33. The molecule has 0 aliphatic heterocycles. The molecule has 1 aliphatic carbocycles. The molecule has 2 N–H and O–H groups in total. The number of aliphatic carboxylic acids is 1. The summed E-state index contributed by atoms with van der Waals surface area (Å²) in [5.41, 5.74) is 0.737. The van der Waals surface area contributed by atoms with Gasteiger partial charge in [0.1, 0.15) is 0 Å². The van der Waals surface area contributed by atoms with E-state index in [1.165, 1.54) is 11.3 Å². The number of nitrogens with one attached hydrogen (secondary N) is 1. The summed E-state index contributed by atoms with van der Waals surface area (Å²) in [5, 5.41) is 21.4. The second-order valence-corrected chi connectivity index (χ2v) is 6.76. The molecule has 1 aliphatic rings. The maximum absolute atomic E-state index is 12.4. The van der Waals surface area contributed by atoms with E-state index in [2.05, 4.69) is 15.5 Å². The van der Waals surface area contributed by atoms with Crippen LogP contribution in [0.15, 0.2) is 36.4 Å². The maximum Gasteiger partial charge on any atom is 0.307 e. The molecule has 1 amide bonds. The van der Waals surface area contributed by atoms with Crippen LogP contribution in [0, 0.1) is 11.8 Å². The highest BCUT2D eigenvalue weighted by Gasteiger charge is 2.34. The Balaban J connectivity index is 1.75. The van der Waals surface area contributed by atoms with Crippen LogP contribution in [0.25, 0.3) is 10.6 Å². The fourth-order valence-corrected chi connectivity index (χ4v) is 3.66. The molecule has 24 heavy (non-hydrogen) atoms. The number of anilines is 1. The number of rotatable bonds is 4. The summed E-state index contributed by atoms with van der Waals surface area (Å²) in [6.07, 6.45) is 4.38. The minimum Gasteiger partial charge on any atom is -0.481 e. The lowest BCUT2D eigenvalue weighted by molar-refractivity contribution is -0.146. The number of carboxylic acid groups (broad SMARTS) is 1. The topological polar surface area (TPSA) is 92.2 Å². The number of nitrogens with zero attached hydrogens (tertiary/aromatic N) is 2. The summed E-state index contributed by atoms with van der Waals surface area (Å²) in [4.78, 5) is 23.7. The van der Waals surface area contributed by atoms with Crippen LogP contribution in [-0.4, -0.2) is 27.2 Å². The zero-order chi connectivity index (χ0) is 17.1. The standard InChI is InChI=1S/C16H14ClN3O3S/c17-12-8-4-3-7-11(12)14-19-20-16(24-14)18-13(21)9-5-1-2-6-10(9)15(22)23/h1-4,7-10H,5-6H2,(H,22,23)(H,18,20,21). The van der Waals surface area contributed by atoms with Crippen LogP contribution in [0.3, 0.4) is 0 Å². The number of carbonyl (C=O) groups is 2. The molecule has 3 rings (SSSR count). The molecule has 8 heteroatoms. The van der Waals surface area contributed by atoms with Crippen molar-refractivity contribution < 1.29 is 14.7 Å². The van der Waals surface area contributed by atoms with Crippen LogP contribution < -0.4 is 5.32 Å². The van der Waals surface area contributed by atoms with Crippen LogP contribution in [0.4, 0.5) is 5.13 Å². The number of carboxylic acids is 1. The molecule has 0 radical (unpaired) electrons. The quantitative estimate of drug-likeness (QED) is 0.811. The van der Waals surface area contributed by atoms with Gasteiger partial charge in [0.05, 0.1) is 16.9 Å². The van der Waals surface area contributed by atoms with E-state index in [4.69, 9.17) is 11.6 Å². The van der Waals surface area contributed by atoms with Crippen molar-refractivity contribution in [3.63, 3.8) is 0 Å². The van der Waals surface area contributed by atoms with Gasteiger partial charge in [-0.25, -0.2) is 0 Å². The second-order valence-electron chi connectivity index (χ2n) is 5.38. The SMILES string of the molecule is O=C(O)C1CC=CCC1C(=O)Nc1nnc(-c2ccccc2Cl)s1. The van der Waals surface area contributed by atoms with E-state index in [1.807, 2.05) is 24.3 Å². The molecule has 1 heterocycles. The first-order valence-corrected chi connectivity index (χ1v) is 8.53. The van der Waals surface area contributed by atoms with Crippen LogP contribution in [0.5, 0.6) is 0 Å². The Morgan fingerprint density at radius 3 is 2.58 bits per heavy atom. The van der Waals surface area contributed by atoms with Gasteiger partial charge in [-0.3, -0.25) is 9.59 Å². The Morgan fingerprint density at radius 2 is 1.88 bits per heavy atom. The highest BCUT2D eigenvalue weighted by atomic mass is 35.5. The average molecular weight is 364 g/mol. The molecule has 2 atom stereocenters. The van der Waals surface area contributed by atoms with E-state index < -0.39 is 17.8 Å². The number of allylic oxidation sites excluding steroid dienone is 2. The largest absolute Gasteiger partial charge is 0.481 e. The lowest BCUT2D eigenvalue weighted by Gasteiger charge is -2.23. The van der Waals surface area contributed by atoms with Gasteiger partial charge in [0.25, 0.3) is 0 Å². The molecule has 1 aromatic heterocycles. The Morgan fingerprint density at radius 1 is 1.17 bits per heavy atom. The van der Waals surface area contributed by atoms with E-state index in [1.54, 1.807) is 12.1 Å². The lowest BCUT2D eigenvalue weighted by Crippen LogP contribution is -2.34. The van der Waals surface area contributed by atoms with Crippen molar-refractivity contribution in [3.8, 4) is 10.6 Å². The first-order valence-electron chi connectivity index (χ1n) is 7.33. The van der Waals surface area contributed by atoms with Gasteiger partial charge in [-0.2, -0.15) is 0 Å². The van der Waals surface area contributed by atoms with E-state index in [-0.39, 0.29) is 5.91 Å². The zero-order valence-electron chi connectivity index (χ0n) is 12.5. The van der Waals surface area contributed by atoms with Crippen molar-refractivity contribution in [2.24, 2.45) is 11.8 Å². The molecule has 0 spiro atoms. The molecule has 6 nitrogen and oxygen atoms in total. The third-order valence-corrected chi connectivity index (χ3v) is 5.05. The summed E-state index contributed by atoms with van der Waals surface area (Å²) in [6, 6.07) is 7.23. The number of halogens is 1. The van der Waals surface area contributed by atoms with Gasteiger partial charge in [0.2, 0.25) is 11.0 Å². The third kappa shape index (κ3) is 3.47. The smallest absolute Gasteiger partial charge is 0.307 e. The highest BCUT2D eigenvalue weighted by Crippen LogP contribution is 2.32. The van der Waals surface area contributed by atoms with E-state index in [0.29, 0.717) is 28.0 Å². The molecule has 0 fully saturated rings. The third-order valence-electron chi connectivity index (χ3n) is 3.85. The van der Waals surface area contributed by atoms with Crippen LogP contribution in [0.2, 0.25) is 5.02 Å². The molecule has 2 unspecified atom stereocenters. The van der Waals surface area contributed by atoms with Crippen LogP contribution in [-0.2, 0) is 9.59 Å². The molecule has 0 bridgehead atoms. The summed E-state index contributed by atoms with van der Waals surface area (Å²) in [5.74, 6) is -2.65. The van der Waals surface area contributed by atoms with Crippen molar-refractivity contribution in [2.75, 3.05) is 5.32 Å². The Hall–Kier alpha value is -2.25. The zero-order valence-corrected chi connectivity index (χ0v) is 14.0. The van der Waals surface area contributed by atoms with Gasteiger partial charge in [0.15, 0.2) is 5.01 Å². The van der Waals surface area contributed by atoms with Crippen LogP contribution in [0.1, 0.15) is 12.8 Å². The van der Waals surface area contributed by atoms with E-state index in [0.717, 1.165) is 5.56 Å². The number of carbonyl (C=O) groups excluding carboxylic acids is 1. The Labute approximate surface area is 147 Å². The fourth-order valence-electron chi connectivity index (χ4n) is 2.59. The van der Waals surface area contributed by atoms with Crippen molar-refractivity contribution in [1.82, 2.24) is 10.2 Å². The number of benzene rings is 1. The molecule has 0 saturated carbocycles. The molecular weight excluding hydrogens is 350 g/mol. The van der Waals surface area contributed by atoms with Crippen LogP contribution >= 0.6 is 22.9 Å². The number of hydrogen-bond acceptors (Lipinski definition) is 5. The lowest BCUT2D eigenvalue weighted by atomic mass is 9.82. The van der Waals surface area contributed by atoms with Crippen molar-refractivity contribution in [1.29, 1.82) is 0 Å². The predicted molar refractivity (Wildman–Crippen MR) is 92.0 cm³/mol. The Bertz CT molecular complexity index is 805.